The number of rotatable bonds is 7. The minimum atomic E-state index is 0.0121. The fourth-order valence-electron chi connectivity index (χ4n) is 3.65. The Morgan fingerprint density at radius 2 is 2.20 bits per heavy atom. The molecule has 5 heteroatoms. The molecule has 1 heterocycles. The molecule has 1 aromatic heterocycles. The maximum atomic E-state index is 12.5. The SMILES string of the molecule is CCCO[C@@H]1C[C@@H](C(=O)NCCc2c[nH]c3ccccc23)CC[C@H]1N. The largest absolute Gasteiger partial charge is 0.377 e. The smallest absolute Gasteiger partial charge is 0.223 e. The summed E-state index contributed by atoms with van der Waals surface area (Å²) in [6, 6.07) is 8.30. The van der Waals surface area contributed by atoms with Crippen molar-refractivity contribution in [1.29, 1.82) is 0 Å². The molecule has 3 rings (SSSR count). The quantitative estimate of drug-likeness (QED) is 0.723. The molecule has 1 amide bonds. The van der Waals surface area contributed by atoms with Gasteiger partial charge in [0.05, 0.1) is 6.10 Å². The molecule has 1 aliphatic rings. The summed E-state index contributed by atoms with van der Waals surface area (Å²) < 4.78 is 5.83. The number of ether oxygens (including phenoxy) is 1. The lowest BCUT2D eigenvalue weighted by molar-refractivity contribution is -0.128. The lowest BCUT2D eigenvalue weighted by Crippen LogP contribution is -2.46. The lowest BCUT2D eigenvalue weighted by Gasteiger charge is -2.33. The normalized spacial score (nSPS) is 23.7. The highest BCUT2D eigenvalue weighted by Crippen LogP contribution is 2.26. The number of carbonyl (C=O) groups is 1. The summed E-state index contributed by atoms with van der Waals surface area (Å²) in [5.74, 6) is 0.154. The molecule has 3 atom stereocenters. The van der Waals surface area contributed by atoms with Crippen molar-refractivity contribution in [3.05, 3.63) is 36.0 Å². The highest BCUT2D eigenvalue weighted by atomic mass is 16.5. The number of para-hydroxylation sites is 1. The zero-order chi connectivity index (χ0) is 17.6. The number of amides is 1. The second-order valence-corrected chi connectivity index (χ2v) is 6.98. The molecule has 2 aromatic rings. The summed E-state index contributed by atoms with van der Waals surface area (Å²) in [4.78, 5) is 15.8. The second kappa shape index (κ2) is 8.50. The van der Waals surface area contributed by atoms with E-state index in [2.05, 4.69) is 29.4 Å². The molecule has 0 spiro atoms. The minimum Gasteiger partial charge on any atom is -0.377 e. The molecule has 136 valence electrons. The first-order chi connectivity index (χ1) is 12.2. The molecule has 0 unspecified atom stereocenters. The van der Waals surface area contributed by atoms with Crippen LogP contribution in [-0.4, -0.2) is 36.2 Å². The van der Waals surface area contributed by atoms with Crippen LogP contribution in [0.2, 0.25) is 0 Å². The molecule has 1 aliphatic carbocycles. The Morgan fingerprint density at radius 1 is 1.36 bits per heavy atom. The van der Waals surface area contributed by atoms with Crippen molar-refractivity contribution in [2.45, 2.75) is 51.2 Å². The van der Waals surface area contributed by atoms with E-state index < -0.39 is 0 Å². The molecule has 0 radical (unpaired) electrons. The molecular formula is C20H29N3O2. The van der Waals surface area contributed by atoms with Gasteiger partial charge in [0.15, 0.2) is 0 Å². The zero-order valence-electron chi connectivity index (χ0n) is 15.0. The van der Waals surface area contributed by atoms with Crippen LogP contribution < -0.4 is 11.1 Å². The summed E-state index contributed by atoms with van der Waals surface area (Å²) in [7, 11) is 0. The van der Waals surface area contributed by atoms with Crippen LogP contribution in [0.1, 0.15) is 38.2 Å². The molecule has 0 aliphatic heterocycles. The number of nitrogens with two attached hydrogens (primary N) is 1. The van der Waals surface area contributed by atoms with Crippen molar-refractivity contribution >= 4 is 16.8 Å². The van der Waals surface area contributed by atoms with Crippen LogP contribution >= 0.6 is 0 Å². The first kappa shape index (κ1) is 18.0. The van der Waals surface area contributed by atoms with E-state index in [1.807, 2.05) is 18.3 Å². The van der Waals surface area contributed by atoms with Crippen LogP contribution in [0.3, 0.4) is 0 Å². The van der Waals surface area contributed by atoms with E-state index in [9.17, 15) is 4.79 Å². The number of fused-ring (bicyclic) bond motifs is 1. The molecule has 4 N–H and O–H groups in total. The predicted molar refractivity (Wildman–Crippen MR) is 100 cm³/mol. The molecule has 0 bridgehead atoms. The van der Waals surface area contributed by atoms with Gasteiger partial charge in [0.2, 0.25) is 5.91 Å². The predicted octanol–water partition coefficient (Wildman–Crippen LogP) is 2.75. The number of aromatic nitrogens is 1. The average Bonchev–Trinajstić information content (AvgIpc) is 3.04. The Balaban J connectivity index is 1.49. The van der Waals surface area contributed by atoms with Gasteiger partial charge in [0.25, 0.3) is 0 Å². The van der Waals surface area contributed by atoms with Gasteiger partial charge >= 0.3 is 0 Å². The Kier molecular flexibility index (Phi) is 6.10. The van der Waals surface area contributed by atoms with Crippen molar-refractivity contribution in [3.63, 3.8) is 0 Å². The summed E-state index contributed by atoms with van der Waals surface area (Å²) >= 11 is 0. The van der Waals surface area contributed by atoms with Crippen molar-refractivity contribution in [1.82, 2.24) is 10.3 Å². The average molecular weight is 343 g/mol. The van der Waals surface area contributed by atoms with Gasteiger partial charge in [0.1, 0.15) is 0 Å². The molecule has 25 heavy (non-hydrogen) atoms. The number of nitrogens with one attached hydrogen (secondary N) is 2. The topological polar surface area (TPSA) is 80.1 Å². The second-order valence-electron chi connectivity index (χ2n) is 6.98. The van der Waals surface area contributed by atoms with E-state index >= 15 is 0 Å². The van der Waals surface area contributed by atoms with Crippen LogP contribution in [0.4, 0.5) is 0 Å². The van der Waals surface area contributed by atoms with Crippen molar-refractivity contribution in [2.24, 2.45) is 11.7 Å². The van der Waals surface area contributed by atoms with Gasteiger partial charge in [-0.1, -0.05) is 25.1 Å². The summed E-state index contributed by atoms with van der Waals surface area (Å²) in [5, 5.41) is 4.33. The zero-order valence-corrected chi connectivity index (χ0v) is 15.0. The van der Waals surface area contributed by atoms with Crippen molar-refractivity contribution in [3.8, 4) is 0 Å². The monoisotopic (exact) mass is 343 g/mol. The number of hydrogen-bond acceptors (Lipinski definition) is 3. The van der Waals surface area contributed by atoms with Gasteiger partial charge in [0, 0.05) is 42.2 Å². The molecule has 1 saturated carbocycles. The number of hydrogen-bond donors (Lipinski definition) is 3. The van der Waals surface area contributed by atoms with Gasteiger partial charge in [-0.3, -0.25) is 4.79 Å². The van der Waals surface area contributed by atoms with E-state index in [0.717, 1.165) is 37.6 Å². The van der Waals surface area contributed by atoms with Gasteiger partial charge in [-0.2, -0.15) is 0 Å². The van der Waals surface area contributed by atoms with Gasteiger partial charge in [-0.25, -0.2) is 0 Å². The molecule has 5 nitrogen and oxygen atoms in total. The van der Waals surface area contributed by atoms with E-state index in [-0.39, 0.29) is 24.0 Å². The van der Waals surface area contributed by atoms with E-state index in [4.69, 9.17) is 10.5 Å². The third kappa shape index (κ3) is 4.41. The fourth-order valence-corrected chi connectivity index (χ4v) is 3.65. The Bertz CT molecular complexity index is 697. The van der Waals surface area contributed by atoms with Crippen LogP contribution in [0.15, 0.2) is 30.5 Å². The van der Waals surface area contributed by atoms with Crippen LogP contribution in [0, 0.1) is 5.92 Å². The Hall–Kier alpha value is -1.85. The number of aromatic amines is 1. The fraction of sp³-hybridized carbons (Fsp3) is 0.550. The first-order valence-electron chi connectivity index (χ1n) is 9.39. The van der Waals surface area contributed by atoms with E-state index in [0.29, 0.717) is 13.2 Å². The minimum absolute atomic E-state index is 0.0121. The number of benzene rings is 1. The molecule has 1 fully saturated rings. The maximum Gasteiger partial charge on any atom is 0.223 e. The summed E-state index contributed by atoms with van der Waals surface area (Å²) in [5.41, 5.74) is 8.52. The Morgan fingerprint density at radius 3 is 3.04 bits per heavy atom. The van der Waals surface area contributed by atoms with Gasteiger partial charge < -0.3 is 20.8 Å². The summed E-state index contributed by atoms with van der Waals surface area (Å²) in [6.07, 6.45) is 6.30. The Labute approximate surface area is 149 Å². The van der Waals surface area contributed by atoms with Crippen molar-refractivity contribution < 1.29 is 9.53 Å². The van der Waals surface area contributed by atoms with Gasteiger partial charge in [-0.05, 0) is 43.7 Å². The van der Waals surface area contributed by atoms with Crippen molar-refractivity contribution in [2.75, 3.05) is 13.2 Å². The highest BCUT2D eigenvalue weighted by molar-refractivity contribution is 5.83. The van der Waals surface area contributed by atoms with Crippen LogP contribution in [0.25, 0.3) is 10.9 Å². The lowest BCUT2D eigenvalue weighted by atomic mass is 9.83. The molecular weight excluding hydrogens is 314 g/mol. The third-order valence-electron chi connectivity index (χ3n) is 5.12. The maximum absolute atomic E-state index is 12.5. The highest BCUT2D eigenvalue weighted by Gasteiger charge is 2.32. The summed E-state index contributed by atoms with van der Waals surface area (Å²) in [6.45, 7) is 3.46. The number of carbonyl (C=O) groups excluding carboxylic acids is 1. The van der Waals surface area contributed by atoms with E-state index in [1.54, 1.807) is 0 Å². The first-order valence-corrected chi connectivity index (χ1v) is 9.39. The molecule has 1 aromatic carbocycles. The van der Waals surface area contributed by atoms with Crippen LogP contribution in [-0.2, 0) is 16.0 Å². The van der Waals surface area contributed by atoms with Gasteiger partial charge in [-0.15, -0.1) is 0 Å². The molecule has 0 saturated heterocycles. The standard InChI is InChI=1S/C20H29N3O2/c1-2-11-25-19-12-14(7-8-17(19)21)20(24)22-10-9-15-13-23-18-6-4-3-5-16(15)18/h3-6,13-14,17,19,23H,2,7-12,21H2,1H3,(H,22,24)/t14-,17+,19+/m0/s1. The third-order valence-corrected chi connectivity index (χ3v) is 5.12. The van der Waals surface area contributed by atoms with E-state index in [1.165, 1.54) is 10.9 Å². The number of H-pyrrole nitrogens is 1. The van der Waals surface area contributed by atoms with Crippen LogP contribution in [0.5, 0.6) is 0 Å².